The predicted molar refractivity (Wildman–Crippen MR) is 91.8 cm³/mol. The van der Waals surface area contributed by atoms with Crippen molar-refractivity contribution in [2.45, 2.75) is 20.3 Å². The van der Waals surface area contributed by atoms with Crippen molar-refractivity contribution >= 4 is 28.6 Å². The summed E-state index contributed by atoms with van der Waals surface area (Å²) in [4.78, 5) is 22.2. The fraction of sp³-hybridized carbons (Fsp3) is 0.412. The molecule has 1 atom stereocenters. The number of thiazole rings is 1. The number of para-hydroxylation sites is 2. The number of anilines is 2. The van der Waals surface area contributed by atoms with Gasteiger partial charge in [0.25, 0.3) is 0 Å². The minimum Gasteiger partial charge on any atom is -0.369 e. The molecule has 4 nitrogen and oxygen atoms in total. The molecule has 0 radical (unpaired) electrons. The average molecular weight is 315 g/mol. The van der Waals surface area contributed by atoms with Crippen LogP contribution in [0.1, 0.15) is 17.5 Å². The molecule has 22 heavy (non-hydrogen) atoms. The molecule has 0 fully saturated rings. The van der Waals surface area contributed by atoms with Crippen molar-refractivity contribution in [2.75, 3.05) is 29.9 Å². The van der Waals surface area contributed by atoms with E-state index in [0.29, 0.717) is 0 Å². The Bertz CT molecular complexity index is 682. The fourth-order valence-electron chi connectivity index (χ4n) is 2.99. The van der Waals surface area contributed by atoms with Gasteiger partial charge in [-0.1, -0.05) is 19.1 Å². The molecule has 0 aliphatic carbocycles. The predicted octanol–water partition coefficient (Wildman–Crippen LogP) is 3.11. The number of hydrogen-bond acceptors (Lipinski definition) is 4. The lowest BCUT2D eigenvalue weighted by Gasteiger charge is -2.25. The van der Waals surface area contributed by atoms with Gasteiger partial charge in [-0.2, -0.15) is 0 Å². The summed E-state index contributed by atoms with van der Waals surface area (Å²) in [7, 11) is 1.87. The van der Waals surface area contributed by atoms with Crippen LogP contribution in [0.5, 0.6) is 0 Å². The molecule has 1 aromatic carbocycles. The number of carbonyl (C=O) groups excluding carboxylic acids is 1. The van der Waals surface area contributed by atoms with Crippen molar-refractivity contribution in [1.29, 1.82) is 0 Å². The van der Waals surface area contributed by atoms with Crippen molar-refractivity contribution in [1.82, 2.24) is 4.98 Å². The van der Waals surface area contributed by atoms with Gasteiger partial charge in [-0.3, -0.25) is 4.79 Å². The van der Waals surface area contributed by atoms with Crippen LogP contribution in [-0.2, 0) is 11.2 Å². The van der Waals surface area contributed by atoms with Gasteiger partial charge in [0.1, 0.15) is 0 Å². The second kappa shape index (κ2) is 6.08. The van der Waals surface area contributed by atoms with Crippen molar-refractivity contribution in [3.05, 3.63) is 40.3 Å². The molecule has 0 bridgehead atoms. The Morgan fingerprint density at radius 2 is 2.05 bits per heavy atom. The van der Waals surface area contributed by atoms with E-state index in [2.05, 4.69) is 22.9 Å². The van der Waals surface area contributed by atoms with Crippen molar-refractivity contribution in [2.24, 2.45) is 5.92 Å². The summed E-state index contributed by atoms with van der Waals surface area (Å²) < 4.78 is 0. The maximum atomic E-state index is 12.4. The topological polar surface area (TPSA) is 36.4 Å². The van der Waals surface area contributed by atoms with E-state index in [-0.39, 0.29) is 11.8 Å². The van der Waals surface area contributed by atoms with Crippen molar-refractivity contribution in [3.63, 3.8) is 0 Å². The quantitative estimate of drug-likeness (QED) is 0.873. The molecule has 0 saturated heterocycles. The Hall–Kier alpha value is -1.88. The Morgan fingerprint density at radius 3 is 2.73 bits per heavy atom. The van der Waals surface area contributed by atoms with E-state index >= 15 is 0 Å². The summed E-state index contributed by atoms with van der Waals surface area (Å²) >= 11 is 1.71. The first kappa shape index (κ1) is 15.0. The van der Waals surface area contributed by atoms with Gasteiger partial charge < -0.3 is 9.80 Å². The van der Waals surface area contributed by atoms with E-state index in [9.17, 15) is 4.79 Å². The Kier molecular flexibility index (Phi) is 4.16. The highest BCUT2D eigenvalue weighted by Gasteiger charge is 2.28. The zero-order valence-electron chi connectivity index (χ0n) is 13.2. The van der Waals surface area contributed by atoms with Gasteiger partial charge in [0.15, 0.2) is 0 Å². The molecule has 0 N–H and O–H groups in total. The number of benzene rings is 1. The number of carbonyl (C=O) groups is 1. The van der Waals surface area contributed by atoms with E-state index in [4.69, 9.17) is 0 Å². The second-order valence-electron chi connectivity index (χ2n) is 5.84. The minimum absolute atomic E-state index is 0.0000392. The first-order valence-electron chi connectivity index (χ1n) is 7.58. The zero-order valence-corrected chi connectivity index (χ0v) is 14.1. The van der Waals surface area contributed by atoms with Gasteiger partial charge in [-0.05, 0) is 19.1 Å². The van der Waals surface area contributed by atoms with Gasteiger partial charge in [-0.25, -0.2) is 4.98 Å². The molecule has 5 heteroatoms. The molecule has 1 aliphatic heterocycles. The molecule has 1 amide bonds. The van der Waals surface area contributed by atoms with Crippen LogP contribution in [0.15, 0.2) is 29.8 Å². The van der Waals surface area contributed by atoms with Gasteiger partial charge in [0.2, 0.25) is 5.91 Å². The molecular formula is C17H21N3OS. The minimum atomic E-state index is -0.0000392. The van der Waals surface area contributed by atoms with Crippen LogP contribution in [0.3, 0.4) is 0 Å². The number of aromatic nitrogens is 1. The Labute approximate surface area is 135 Å². The van der Waals surface area contributed by atoms with Gasteiger partial charge >= 0.3 is 0 Å². The second-order valence-corrected chi connectivity index (χ2v) is 6.78. The summed E-state index contributed by atoms with van der Waals surface area (Å²) in [6, 6.07) is 8.16. The van der Waals surface area contributed by atoms with E-state index in [1.54, 1.807) is 16.2 Å². The lowest BCUT2D eigenvalue weighted by molar-refractivity contribution is -0.121. The van der Waals surface area contributed by atoms with Crippen LogP contribution in [0, 0.1) is 12.8 Å². The highest BCUT2D eigenvalue weighted by molar-refractivity contribution is 7.09. The normalized spacial score (nSPS) is 18.3. The van der Waals surface area contributed by atoms with Crippen LogP contribution in [0.2, 0.25) is 0 Å². The third-order valence-electron chi connectivity index (χ3n) is 4.28. The lowest BCUT2D eigenvalue weighted by Crippen LogP contribution is -2.35. The van der Waals surface area contributed by atoms with E-state index in [0.717, 1.165) is 36.6 Å². The molecule has 3 rings (SSSR count). The molecule has 1 aliphatic rings. The van der Waals surface area contributed by atoms with E-state index in [1.807, 2.05) is 37.7 Å². The van der Waals surface area contributed by atoms with Crippen LogP contribution < -0.4 is 9.80 Å². The fourth-order valence-corrected chi connectivity index (χ4v) is 3.76. The number of nitrogens with zero attached hydrogens (tertiary/aromatic N) is 3. The lowest BCUT2D eigenvalue weighted by atomic mass is 10.1. The first-order chi connectivity index (χ1) is 10.6. The zero-order chi connectivity index (χ0) is 15.7. The SMILES string of the molecule is Cc1ncsc1CCN1CC(C)C(=O)N(C)c2ccccc21. The van der Waals surface area contributed by atoms with Crippen molar-refractivity contribution < 1.29 is 4.79 Å². The molecule has 0 spiro atoms. The standard InChI is InChI=1S/C17H21N3OS/c1-12-10-20(9-8-16-13(2)18-11-22-16)15-7-5-4-6-14(15)19(3)17(12)21/h4-7,11-12H,8-10H2,1-3H3. The number of fused-ring (bicyclic) bond motifs is 1. The number of hydrogen-bond donors (Lipinski definition) is 0. The van der Waals surface area contributed by atoms with E-state index < -0.39 is 0 Å². The van der Waals surface area contributed by atoms with Gasteiger partial charge in [0, 0.05) is 31.4 Å². The van der Waals surface area contributed by atoms with Crippen LogP contribution in [0.25, 0.3) is 0 Å². The molecule has 1 aromatic heterocycles. The molecule has 0 saturated carbocycles. The summed E-state index contributed by atoms with van der Waals surface area (Å²) in [6.07, 6.45) is 0.968. The molecule has 2 heterocycles. The summed E-state index contributed by atoms with van der Waals surface area (Å²) in [5.74, 6) is 0.184. The summed E-state index contributed by atoms with van der Waals surface area (Å²) in [5, 5.41) is 0. The van der Waals surface area contributed by atoms with Gasteiger partial charge in [0.05, 0.1) is 28.5 Å². The highest BCUT2D eigenvalue weighted by atomic mass is 32.1. The van der Waals surface area contributed by atoms with Crippen LogP contribution in [0.4, 0.5) is 11.4 Å². The maximum absolute atomic E-state index is 12.4. The monoisotopic (exact) mass is 315 g/mol. The van der Waals surface area contributed by atoms with Gasteiger partial charge in [-0.15, -0.1) is 11.3 Å². The molecule has 1 unspecified atom stereocenters. The Balaban J connectivity index is 1.88. The molecule has 116 valence electrons. The van der Waals surface area contributed by atoms with Crippen LogP contribution >= 0.6 is 11.3 Å². The number of aryl methyl sites for hydroxylation is 1. The third kappa shape index (κ3) is 2.73. The summed E-state index contributed by atoms with van der Waals surface area (Å²) in [5.41, 5.74) is 5.16. The first-order valence-corrected chi connectivity index (χ1v) is 8.46. The summed E-state index contributed by atoms with van der Waals surface area (Å²) in [6.45, 7) is 5.74. The molecular weight excluding hydrogens is 294 g/mol. The largest absolute Gasteiger partial charge is 0.369 e. The highest BCUT2D eigenvalue weighted by Crippen LogP contribution is 2.33. The number of amides is 1. The average Bonchev–Trinajstić information content (AvgIpc) is 2.91. The smallest absolute Gasteiger partial charge is 0.231 e. The van der Waals surface area contributed by atoms with Crippen LogP contribution in [-0.4, -0.2) is 31.0 Å². The third-order valence-corrected chi connectivity index (χ3v) is 5.28. The van der Waals surface area contributed by atoms with Crippen molar-refractivity contribution in [3.8, 4) is 0 Å². The maximum Gasteiger partial charge on any atom is 0.231 e. The molecule has 2 aromatic rings. The van der Waals surface area contributed by atoms with E-state index in [1.165, 1.54) is 4.88 Å². The number of rotatable bonds is 3. The Morgan fingerprint density at radius 1 is 1.32 bits per heavy atom.